The first-order chi connectivity index (χ1) is 7.85. The normalized spacial score (nSPS) is 11.8. The molecule has 0 heterocycles. The average Bonchev–Trinajstić information content (AvgIpc) is 2.15. The summed E-state index contributed by atoms with van der Waals surface area (Å²) in [5.74, 6) is 0.270. The lowest BCUT2D eigenvalue weighted by Crippen LogP contribution is -2.20. The molecule has 0 unspecified atom stereocenters. The van der Waals surface area contributed by atoms with Gasteiger partial charge in [0, 0.05) is 6.54 Å². The van der Waals surface area contributed by atoms with E-state index in [9.17, 15) is 8.42 Å². The van der Waals surface area contributed by atoms with Crippen molar-refractivity contribution in [3.05, 3.63) is 34.4 Å². The van der Waals surface area contributed by atoms with Crippen LogP contribution >= 0.6 is 0 Å². The summed E-state index contributed by atoms with van der Waals surface area (Å²) in [6.07, 6.45) is 0.584. The number of benzene rings is 1. The van der Waals surface area contributed by atoms with Crippen molar-refractivity contribution < 1.29 is 8.42 Å². The third-order valence-electron chi connectivity index (χ3n) is 2.93. The van der Waals surface area contributed by atoms with Crippen LogP contribution in [0, 0.1) is 20.8 Å². The molecular weight excluding hydrogens is 234 g/mol. The van der Waals surface area contributed by atoms with Crippen molar-refractivity contribution >= 4 is 9.84 Å². The molecule has 0 aromatic heterocycles. The topological polar surface area (TPSA) is 60.2 Å². The average molecular weight is 255 g/mol. The molecule has 0 spiro atoms. The van der Waals surface area contributed by atoms with E-state index in [1.165, 1.54) is 16.7 Å². The molecule has 0 saturated carbocycles. The van der Waals surface area contributed by atoms with Gasteiger partial charge in [0.15, 0.2) is 9.84 Å². The molecule has 2 N–H and O–H groups in total. The zero-order valence-electron chi connectivity index (χ0n) is 10.8. The molecule has 1 aromatic carbocycles. The quantitative estimate of drug-likeness (QED) is 0.868. The van der Waals surface area contributed by atoms with Crippen LogP contribution in [0.1, 0.15) is 22.3 Å². The van der Waals surface area contributed by atoms with E-state index in [2.05, 4.69) is 19.1 Å². The van der Waals surface area contributed by atoms with Gasteiger partial charge in [0.2, 0.25) is 0 Å². The zero-order chi connectivity index (χ0) is 13.1. The summed E-state index contributed by atoms with van der Waals surface area (Å²) in [6.45, 7) is 6.32. The Morgan fingerprint density at radius 3 is 2.06 bits per heavy atom. The lowest BCUT2D eigenvalue weighted by atomic mass is 9.98. The predicted molar refractivity (Wildman–Crippen MR) is 72.1 cm³/mol. The minimum atomic E-state index is -3.00. The van der Waals surface area contributed by atoms with Gasteiger partial charge in [0.05, 0.1) is 11.5 Å². The summed E-state index contributed by atoms with van der Waals surface area (Å²) in [5.41, 5.74) is 9.99. The number of aryl methyl sites for hydroxylation is 3. The molecule has 96 valence electrons. The van der Waals surface area contributed by atoms with Gasteiger partial charge in [-0.25, -0.2) is 8.42 Å². The maximum atomic E-state index is 11.6. The molecule has 0 atom stereocenters. The first-order valence-electron chi connectivity index (χ1n) is 5.83. The third-order valence-corrected chi connectivity index (χ3v) is 4.62. The molecular formula is C13H21NO2S. The minimum Gasteiger partial charge on any atom is -0.329 e. The van der Waals surface area contributed by atoms with Crippen LogP contribution in [0.25, 0.3) is 0 Å². The van der Waals surface area contributed by atoms with Gasteiger partial charge in [0.25, 0.3) is 0 Å². The van der Waals surface area contributed by atoms with Crippen LogP contribution in [0.3, 0.4) is 0 Å². The van der Waals surface area contributed by atoms with E-state index in [-0.39, 0.29) is 18.1 Å². The van der Waals surface area contributed by atoms with Gasteiger partial charge < -0.3 is 5.73 Å². The van der Waals surface area contributed by atoms with Gasteiger partial charge in [-0.15, -0.1) is 0 Å². The first kappa shape index (κ1) is 14.2. The second-order valence-corrected chi connectivity index (χ2v) is 6.87. The summed E-state index contributed by atoms with van der Waals surface area (Å²) < 4.78 is 23.2. The van der Waals surface area contributed by atoms with E-state index >= 15 is 0 Å². The van der Waals surface area contributed by atoms with Crippen molar-refractivity contribution in [3.8, 4) is 0 Å². The maximum absolute atomic E-state index is 11.6. The second kappa shape index (κ2) is 5.65. The fraction of sp³-hybridized carbons (Fsp3) is 0.538. The predicted octanol–water partition coefficient (Wildman–Crippen LogP) is 1.53. The summed E-state index contributed by atoms with van der Waals surface area (Å²) >= 11 is 0. The number of hydrogen-bond acceptors (Lipinski definition) is 3. The summed E-state index contributed by atoms with van der Waals surface area (Å²) in [4.78, 5) is 0. The van der Waals surface area contributed by atoms with Crippen LogP contribution in [-0.2, 0) is 16.3 Å². The summed E-state index contributed by atoms with van der Waals surface area (Å²) in [5, 5.41) is 0. The Morgan fingerprint density at radius 2 is 1.59 bits per heavy atom. The first-order valence-corrected chi connectivity index (χ1v) is 7.65. The minimum absolute atomic E-state index is 0.0803. The number of nitrogens with two attached hydrogens (primary N) is 1. The van der Waals surface area contributed by atoms with E-state index in [0.29, 0.717) is 6.42 Å². The van der Waals surface area contributed by atoms with Crippen molar-refractivity contribution in [2.24, 2.45) is 5.73 Å². The SMILES string of the molecule is Cc1cc(C)c(CCS(=O)(=O)CCN)c(C)c1. The Morgan fingerprint density at radius 1 is 1.06 bits per heavy atom. The molecule has 3 nitrogen and oxygen atoms in total. The molecule has 0 radical (unpaired) electrons. The fourth-order valence-corrected chi connectivity index (χ4v) is 3.22. The molecule has 0 fully saturated rings. The summed E-state index contributed by atoms with van der Waals surface area (Å²) in [7, 11) is -3.00. The molecule has 4 heteroatoms. The smallest absolute Gasteiger partial charge is 0.151 e. The zero-order valence-corrected chi connectivity index (χ0v) is 11.6. The lowest BCUT2D eigenvalue weighted by molar-refractivity contribution is 0.595. The standard InChI is InChI=1S/C13H21NO2S/c1-10-8-11(2)13(12(3)9-10)4-6-17(15,16)7-5-14/h8-9H,4-7,14H2,1-3H3. The van der Waals surface area contributed by atoms with Crippen LogP contribution in [0.4, 0.5) is 0 Å². The van der Waals surface area contributed by atoms with Gasteiger partial charge >= 0.3 is 0 Å². The van der Waals surface area contributed by atoms with Gasteiger partial charge in [-0.05, 0) is 43.9 Å². The van der Waals surface area contributed by atoms with Crippen LogP contribution in [0.2, 0.25) is 0 Å². The number of sulfone groups is 1. The highest BCUT2D eigenvalue weighted by Crippen LogP contribution is 2.17. The van der Waals surface area contributed by atoms with Crippen LogP contribution in [0.15, 0.2) is 12.1 Å². The maximum Gasteiger partial charge on any atom is 0.151 e. The van der Waals surface area contributed by atoms with Gasteiger partial charge in [-0.1, -0.05) is 17.7 Å². The Labute approximate surface area is 104 Å². The molecule has 0 bridgehead atoms. The van der Waals surface area contributed by atoms with Crippen LogP contribution in [0.5, 0.6) is 0 Å². The Hall–Kier alpha value is -0.870. The third kappa shape index (κ3) is 4.13. The van der Waals surface area contributed by atoms with Crippen molar-refractivity contribution in [1.29, 1.82) is 0 Å². The largest absolute Gasteiger partial charge is 0.329 e. The molecule has 1 rings (SSSR count). The highest BCUT2D eigenvalue weighted by molar-refractivity contribution is 7.91. The van der Waals surface area contributed by atoms with Crippen molar-refractivity contribution in [2.75, 3.05) is 18.1 Å². The van der Waals surface area contributed by atoms with Gasteiger partial charge in [-0.3, -0.25) is 0 Å². The lowest BCUT2D eigenvalue weighted by Gasteiger charge is -2.11. The monoisotopic (exact) mass is 255 g/mol. The molecule has 1 aromatic rings. The second-order valence-electron chi connectivity index (χ2n) is 4.57. The molecule has 0 aliphatic heterocycles. The van der Waals surface area contributed by atoms with Crippen molar-refractivity contribution in [1.82, 2.24) is 0 Å². The van der Waals surface area contributed by atoms with Crippen molar-refractivity contribution in [2.45, 2.75) is 27.2 Å². The Bertz CT molecular complexity index is 469. The van der Waals surface area contributed by atoms with E-state index in [4.69, 9.17) is 5.73 Å². The summed E-state index contributed by atoms with van der Waals surface area (Å²) in [6, 6.07) is 4.19. The highest BCUT2D eigenvalue weighted by Gasteiger charge is 2.12. The molecule has 17 heavy (non-hydrogen) atoms. The van der Waals surface area contributed by atoms with Crippen LogP contribution < -0.4 is 5.73 Å². The Kier molecular flexibility index (Phi) is 4.71. The Balaban J connectivity index is 2.83. The van der Waals surface area contributed by atoms with Gasteiger partial charge in [-0.2, -0.15) is 0 Å². The van der Waals surface area contributed by atoms with Crippen molar-refractivity contribution in [3.63, 3.8) is 0 Å². The molecule has 0 saturated heterocycles. The van der Waals surface area contributed by atoms with E-state index in [1.807, 2.05) is 13.8 Å². The fourth-order valence-electron chi connectivity index (χ4n) is 2.14. The van der Waals surface area contributed by atoms with Crippen LogP contribution in [-0.4, -0.2) is 26.5 Å². The molecule has 0 amide bonds. The van der Waals surface area contributed by atoms with E-state index < -0.39 is 9.84 Å². The van der Waals surface area contributed by atoms with Gasteiger partial charge in [0.1, 0.15) is 0 Å². The molecule has 0 aliphatic carbocycles. The number of hydrogen-bond donors (Lipinski definition) is 1. The number of rotatable bonds is 5. The van der Waals surface area contributed by atoms with E-state index in [1.54, 1.807) is 0 Å². The molecule has 0 aliphatic rings. The highest BCUT2D eigenvalue weighted by atomic mass is 32.2. The van der Waals surface area contributed by atoms with E-state index in [0.717, 1.165) is 5.56 Å².